The molecule has 6 heteroatoms. The molecule has 1 aromatic rings. The smallest absolute Gasteiger partial charge is 0.153 e. The summed E-state index contributed by atoms with van der Waals surface area (Å²) in [7, 11) is -2.82. The molecule has 5 nitrogen and oxygen atoms in total. The SMILES string of the molecule is CC.Cc1cc(N2CCS(=O)(=O)CC2)ncn1. The molecule has 1 saturated heterocycles. The van der Waals surface area contributed by atoms with Crippen LogP contribution in [0.4, 0.5) is 5.82 Å². The van der Waals surface area contributed by atoms with Gasteiger partial charge in [0.25, 0.3) is 0 Å². The summed E-state index contributed by atoms with van der Waals surface area (Å²) in [4.78, 5) is 10.1. The first-order valence-electron chi connectivity index (χ1n) is 5.81. The molecule has 0 saturated carbocycles. The maximum atomic E-state index is 11.2. The normalized spacial score (nSPS) is 18.2. The lowest BCUT2D eigenvalue weighted by atomic mass is 10.4. The summed E-state index contributed by atoms with van der Waals surface area (Å²) in [5.41, 5.74) is 0.897. The fourth-order valence-corrected chi connectivity index (χ4v) is 2.76. The van der Waals surface area contributed by atoms with E-state index in [-0.39, 0.29) is 11.5 Å². The van der Waals surface area contributed by atoms with Gasteiger partial charge in [-0.2, -0.15) is 0 Å². The zero-order valence-corrected chi connectivity index (χ0v) is 11.4. The number of sulfone groups is 1. The molecule has 0 spiro atoms. The number of nitrogens with zero attached hydrogens (tertiary/aromatic N) is 3. The van der Waals surface area contributed by atoms with Crippen LogP contribution in [0.25, 0.3) is 0 Å². The minimum Gasteiger partial charge on any atom is -0.354 e. The molecule has 96 valence electrons. The van der Waals surface area contributed by atoms with Gasteiger partial charge in [0.1, 0.15) is 12.1 Å². The number of anilines is 1. The number of rotatable bonds is 1. The van der Waals surface area contributed by atoms with Gasteiger partial charge in [0.05, 0.1) is 11.5 Å². The molecule has 0 radical (unpaired) electrons. The summed E-state index contributed by atoms with van der Waals surface area (Å²) >= 11 is 0. The number of aryl methyl sites for hydroxylation is 1. The number of aromatic nitrogens is 2. The Hall–Kier alpha value is -1.17. The third kappa shape index (κ3) is 3.96. The number of hydrogen-bond acceptors (Lipinski definition) is 5. The van der Waals surface area contributed by atoms with E-state index < -0.39 is 9.84 Å². The van der Waals surface area contributed by atoms with E-state index in [0.717, 1.165) is 11.5 Å². The van der Waals surface area contributed by atoms with Crippen molar-refractivity contribution >= 4 is 15.7 Å². The van der Waals surface area contributed by atoms with E-state index in [9.17, 15) is 8.42 Å². The van der Waals surface area contributed by atoms with E-state index in [1.807, 2.05) is 31.7 Å². The van der Waals surface area contributed by atoms with Gasteiger partial charge in [-0.05, 0) is 6.92 Å². The maximum absolute atomic E-state index is 11.2. The van der Waals surface area contributed by atoms with Gasteiger partial charge in [-0.25, -0.2) is 18.4 Å². The molecule has 1 aliphatic heterocycles. The average Bonchev–Trinajstić information content (AvgIpc) is 2.31. The van der Waals surface area contributed by atoms with Gasteiger partial charge in [-0.1, -0.05) is 13.8 Å². The molecule has 0 unspecified atom stereocenters. The Balaban J connectivity index is 0.000000686. The van der Waals surface area contributed by atoms with Crippen LogP contribution in [-0.4, -0.2) is 43.0 Å². The summed E-state index contributed by atoms with van der Waals surface area (Å²) in [6.07, 6.45) is 1.51. The van der Waals surface area contributed by atoms with Crippen molar-refractivity contribution in [2.75, 3.05) is 29.5 Å². The quantitative estimate of drug-likeness (QED) is 0.752. The summed E-state index contributed by atoms with van der Waals surface area (Å²) in [6.45, 7) is 6.95. The van der Waals surface area contributed by atoms with Crippen molar-refractivity contribution in [3.8, 4) is 0 Å². The Morgan fingerprint density at radius 3 is 2.29 bits per heavy atom. The lowest BCUT2D eigenvalue weighted by Crippen LogP contribution is -2.40. The predicted molar refractivity (Wildman–Crippen MR) is 69.0 cm³/mol. The summed E-state index contributed by atoms with van der Waals surface area (Å²) in [5.74, 6) is 1.25. The Bertz CT molecular complexity index is 446. The molecule has 0 aromatic carbocycles. The largest absolute Gasteiger partial charge is 0.354 e. The molecular weight excluding hydrogens is 238 g/mol. The second-order valence-electron chi connectivity index (χ2n) is 3.66. The molecule has 1 aliphatic rings. The van der Waals surface area contributed by atoms with E-state index in [1.165, 1.54) is 6.33 Å². The van der Waals surface area contributed by atoms with Gasteiger partial charge in [-0.15, -0.1) is 0 Å². The van der Waals surface area contributed by atoms with Crippen LogP contribution in [0, 0.1) is 6.92 Å². The second-order valence-corrected chi connectivity index (χ2v) is 5.96. The third-order valence-corrected chi connectivity index (χ3v) is 4.07. The van der Waals surface area contributed by atoms with Crippen LogP contribution in [0.1, 0.15) is 19.5 Å². The molecule has 2 heterocycles. The van der Waals surface area contributed by atoms with Gasteiger partial charge in [0.2, 0.25) is 0 Å². The second kappa shape index (κ2) is 5.95. The highest BCUT2D eigenvalue weighted by atomic mass is 32.2. The summed E-state index contributed by atoms with van der Waals surface area (Å²) < 4.78 is 22.5. The molecule has 2 rings (SSSR count). The standard InChI is InChI=1S/C9H13N3O2S.C2H6/c1-8-6-9(11-7-10-8)12-2-4-15(13,14)5-3-12;1-2/h6-7H,2-5H2,1H3;1-2H3. The van der Waals surface area contributed by atoms with Crippen LogP contribution in [0.5, 0.6) is 0 Å². The van der Waals surface area contributed by atoms with Crippen molar-refractivity contribution < 1.29 is 8.42 Å². The topological polar surface area (TPSA) is 63.2 Å². The van der Waals surface area contributed by atoms with Crippen molar-refractivity contribution in [3.05, 3.63) is 18.1 Å². The van der Waals surface area contributed by atoms with Crippen molar-refractivity contribution in [2.45, 2.75) is 20.8 Å². The van der Waals surface area contributed by atoms with E-state index >= 15 is 0 Å². The van der Waals surface area contributed by atoms with E-state index in [0.29, 0.717) is 13.1 Å². The van der Waals surface area contributed by atoms with Gasteiger partial charge in [0.15, 0.2) is 9.84 Å². The molecule has 0 N–H and O–H groups in total. The molecule has 1 fully saturated rings. The highest BCUT2D eigenvalue weighted by Crippen LogP contribution is 2.14. The predicted octanol–water partition coefficient (Wildman–Crippen LogP) is 1.05. The highest BCUT2D eigenvalue weighted by molar-refractivity contribution is 7.91. The van der Waals surface area contributed by atoms with E-state index in [4.69, 9.17) is 0 Å². The molecular formula is C11H19N3O2S. The minimum atomic E-state index is -2.82. The van der Waals surface area contributed by atoms with Crippen LogP contribution in [0.15, 0.2) is 12.4 Å². The Morgan fingerprint density at radius 1 is 1.18 bits per heavy atom. The van der Waals surface area contributed by atoms with Crippen molar-refractivity contribution in [1.82, 2.24) is 9.97 Å². The van der Waals surface area contributed by atoms with E-state index in [1.54, 1.807) is 0 Å². The molecule has 1 aromatic heterocycles. The van der Waals surface area contributed by atoms with Crippen LogP contribution in [0.3, 0.4) is 0 Å². The van der Waals surface area contributed by atoms with Gasteiger partial charge in [0, 0.05) is 24.8 Å². The van der Waals surface area contributed by atoms with Gasteiger partial charge >= 0.3 is 0 Å². The first kappa shape index (κ1) is 13.9. The highest BCUT2D eigenvalue weighted by Gasteiger charge is 2.22. The lowest BCUT2D eigenvalue weighted by Gasteiger charge is -2.27. The van der Waals surface area contributed by atoms with Crippen molar-refractivity contribution in [3.63, 3.8) is 0 Å². The zero-order valence-electron chi connectivity index (χ0n) is 10.5. The van der Waals surface area contributed by atoms with Crippen molar-refractivity contribution in [2.24, 2.45) is 0 Å². The molecule has 17 heavy (non-hydrogen) atoms. The fourth-order valence-electron chi connectivity index (χ4n) is 1.55. The molecule has 0 atom stereocenters. The van der Waals surface area contributed by atoms with Crippen LogP contribution in [0.2, 0.25) is 0 Å². The first-order chi connectivity index (χ1) is 8.07. The Morgan fingerprint density at radius 2 is 1.76 bits per heavy atom. The number of hydrogen-bond donors (Lipinski definition) is 0. The molecule has 0 amide bonds. The van der Waals surface area contributed by atoms with E-state index in [2.05, 4.69) is 9.97 Å². The third-order valence-electron chi connectivity index (χ3n) is 2.46. The average molecular weight is 257 g/mol. The molecule has 0 bridgehead atoms. The van der Waals surface area contributed by atoms with Crippen molar-refractivity contribution in [1.29, 1.82) is 0 Å². The van der Waals surface area contributed by atoms with Gasteiger partial charge in [-0.3, -0.25) is 0 Å². The maximum Gasteiger partial charge on any atom is 0.153 e. The summed E-state index contributed by atoms with van der Waals surface area (Å²) in [6, 6.07) is 1.87. The van der Waals surface area contributed by atoms with Gasteiger partial charge < -0.3 is 4.90 Å². The van der Waals surface area contributed by atoms with Crippen LogP contribution >= 0.6 is 0 Å². The lowest BCUT2D eigenvalue weighted by molar-refractivity contribution is 0.586. The molecule has 0 aliphatic carbocycles. The minimum absolute atomic E-state index is 0.218. The summed E-state index contributed by atoms with van der Waals surface area (Å²) in [5, 5.41) is 0. The Kier molecular flexibility index (Phi) is 4.86. The zero-order chi connectivity index (χ0) is 12.9. The Labute approximate surface area is 103 Å². The fraction of sp³-hybridized carbons (Fsp3) is 0.636. The van der Waals surface area contributed by atoms with Crippen LogP contribution < -0.4 is 4.90 Å². The van der Waals surface area contributed by atoms with Crippen LogP contribution in [-0.2, 0) is 9.84 Å². The monoisotopic (exact) mass is 257 g/mol. The first-order valence-corrected chi connectivity index (χ1v) is 7.63.